The van der Waals surface area contributed by atoms with Crippen molar-refractivity contribution in [1.29, 1.82) is 0 Å². The highest BCUT2D eigenvalue weighted by Gasteiger charge is 1.95. The second-order valence-corrected chi connectivity index (χ2v) is 4.76. The van der Waals surface area contributed by atoms with E-state index in [1.54, 1.807) is 0 Å². The van der Waals surface area contributed by atoms with Gasteiger partial charge in [-0.25, -0.2) is 4.79 Å². The zero-order chi connectivity index (χ0) is 13.5. The van der Waals surface area contributed by atoms with Crippen LogP contribution >= 0.6 is 0 Å². The van der Waals surface area contributed by atoms with Gasteiger partial charge in [0.05, 0.1) is 6.61 Å². The Hall–Kier alpha value is -0.790. The number of ether oxygens (including phenoxy) is 1. The second kappa shape index (κ2) is 14.3. The van der Waals surface area contributed by atoms with Gasteiger partial charge in [-0.2, -0.15) is 0 Å². The van der Waals surface area contributed by atoms with E-state index in [2.05, 4.69) is 13.5 Å². The molecule has 0 aliphatic carbocycles. The molecule has 0 fully saturated rings. The number of rotatable bonds is 13. The lowest BCUT2D eigenvalue weighted by Gasteiger charge is -2.03. The fourth-order valence-electron chi connectivity index (χ4n) is 1.92. The molecule has 1 radical (unpaired) electrons. The Bertz CT molecular complexity index is 199. The number of hydrogen-bond donors (Lipinski definition) is 0. The molecule has 0 aromatic rings. The van der Waals surface area contributed by atoms with Crippen molar-refractivity contribution in [3.8, 4) is 0 Å². The first-order valence-electron chi connectivity index (χ1n) is 7.39. The van der Waals surface area contributed by atoms with Crippen molar-refractivity contribution in [3.63, 3.8) is 0 Å². The summed E-state index contributed by atoms with van der Waals surface area (Å²) >= 11 is 0. The predicted molar refractivity (Wildman–Crippen MR) is 77.3 cm³/mol. The van der Waals surface area contributed by atoms with Gasteiger partial charge in [0, 0.05) is 6.08 Å². The van der Waals surface area contributed by atoms with Crippen LogP contribution in [0.4, 0.5) is 0 Å². The fourth-order valence-corrected chi connectivity index (χ4v) is 1.92. The van der Waals surface area contributed by atoms with Crippen LogP contribution in [0.15, 0.2) is 12.7 Å². The van der Waals surface area contributed by atoms with Crippen LogP contribution < -0.4 is 0 Å². The van der Waals surface area contributed by atoms with Crippen LogP contribution in [0.5, 0.6) is 0 Å². The molecule has 0 bridgehead atoms. The number of unbranched alkanes of at least 4 members (excludes halogenated alkanes) is 10. The summed E-state index contributed by atoms with van der Waals surface area (Å²) in [4.78, 5) is 10.7. The minimum atomic E-state index is -0.308. The predicted octanol–water partition coefficient (Wildman–Crippen LogP) is 4.84. The Morgan fingerprint density at radius 1 is 0.833 bits per heavy atom. The molecule has 0 amide bonds. The molecular weight excluding hydrogens is 224 g/mol. The van der Waals surface area contributed by atoms with E-state index in [0.29, 0.717) is 6.61 Å². The van der Waals surface area contributed by atoms with Crippen molar-refractivity contribution in [2.75, 3.05) is 6.61 Å². The highest BCUT2D eigenvalue weighted by atomic mass is 16.5. The molecule has 18 heavy (non-hydrogen) atoms. The maximum atomic E-state index is 10.7. The van der Waals surface area contributed by atoms with E-state index in [-0.39, 0.29) is 5.97 Å². The highest BCUT2D eigenvalue weighted by molar-refractivity contribution is 5.81. The molecule has 0 saturated heterocycles. The molecule has 0 aliphatic rings. The molecule has 0 heterocycles. The summed E-state index contributed by atoms with van der Waals surface area (Å²) < 4.78 is 4.91. The van der Waals surface area contributed by atoms with Gasteiger partial charge in [-0.1, -0.05) is 77.7 Å². The lowest BCUT2D eigenvalue weighted by Crippen LogP contribution is -2.01. The summed E-state index contributed by atoms with van der Waals surface area (Å²) in [6.07, 6.45) is 15.1. The van der Waals surface area contributed by atoms with Crippen LogP contribution in [0.25, 0.3) is 0 Å². The van der Waals surface area contributed by atoms with Crippen LogP contribution in [0.2, 0.25) is 0 Å². The average Bonchev–Trinajstić information content (AvgIpc) is 2.39. The maximum absolute atomic E-state index is 10.7. The Morgan fingerprint density at radius 2 is 1.28 bits per heavy atom. The second-order valence-electron chi connectivity index (χ2n) is 4.76. The third-order valence-electron chi connectivity index (χ3n) is 3.06. The van der Waals surface area contributed by atoms with E-state index < -0.39 is 0 Å². The van der Waals surface area contributed by atoms with Gasteiger partial charge in [-0.15, -0.1) is 0 Å². The number of carbonyl (C=O) groups excluding carboxylic acids is 1. The minimum absolute atomic E-state index is 0.308. The molecule has 105 valence electrons. The van der Waals surface area contributed by atoms with Crippen LogP contribution in [0.3, 0.4) is 0 Å². The Labute approximate surface area is 113 Å². The number of hydrogen-bond acceptors (Lipinski definition) is 2. The van der Waals surface area contributed by atoms with E-state index in [0.717, 1.165) is 19.3 Å². The lowest BCUT2D eigenvalue weighted by atomic mass is 10.1. The quantitative estimate of drug-likeness (QED) is 0.267. The third-order valence-corrected chi connectivity index (χ3v) is 3.06. The van der Waals surface area contributed by atoms with E-state index in [1.165, 1.54) is 57.4 Å². The zero-order valence-corrected chi connectivity index (χ0v) is 11.8. The van der Waals surface area contributed by atoms with Crippen molar-refractivity contribution in [2.24, 2.45) is 0 Å². The fraction of sp³-hybridized carbons (Fsp3) is 0.750. The molecule has 2 heteroatoms. The summed E-state index contributed by atoms with van der Waals surface area (Å²) in [5.74, 6) is -0.308. The number of esters is 1. The molecule has 0 aliphatic heterocycles. The van der Waals surface area contributed by atoms with Crippen molar-refractivity contribution in [1.82, 2.24) is 0 Å². The zero-order valence-electron chi connectivity index (χ0n) is 11.8. The summed E-state index contributed by atoms with van der Waals surface area (Å²) in [5.41, 5.74) is 0. The van der Waals surface area contributed by atoms with E-state index in [9.17, 15) is 4.79 Å². The molecule has 2 nitrogen and oxygen atoms in total. The van der Waals surface area contributed by atoms with Gasteiger partial charge in [0.2, 0.25) is 0 Å². The summed E-state index contributed by atoms with van der Waals surface area (Å²) in [7, 11) is 0. The van der Waals surface area contributed by atoms with E-state index in [4.69, 9.17) is 4.74 Å². The average molecular weight is 253 g/mol. The van der Waals surface area contributed by atoms with Gasteiger partial charge in [0.1, 0.15) is 0 Å². The first-order valence-corrected chi connectivity index (χ1v) is 7.39. The van der Waals surface area contributed by atoms with E-state index in [1.807, 2.05) is 0 Å². The van der Waals surface area contributed by atoms with Crippen molar-refractivity contribution in [2.45, 2.75) is 70.6 Å². The Morgan fingerprint density at radius 3 is 1.72 bits per heavy atom. The van der Waals surface area contributed by atoms with Crippen LogP contribution in [-0.4, -0.2) is 12.6 Å². The van der Waals surface area contributed by atoms with Gasteiger partial charge in [-0.05, 0) is 6.42 Å². The van der Waals surface area contributed by atoms with Crippen molar-refractivity contribution < 1.29 is 9.53 Å². The first kappa shape index (κ1) is 17.2. The van der Waals surface area contributed by atoms with Gasteiger partial charge < -0.3 is 4.74 Å². The molecule has 0 aromatic carbocycles. The van der Waals surface area contributed by atoms with Crippen molar-refractivity contribution in [3.05, 3.63) is 19.6 Å². The van der Waals surface area contributed by atoms with Crippen LogP contribution in [0.1, 0.15) is 70.6 Å². The SMILES string of the molecule is [CH2]CCCCCCCCCCCCOC(=O)C=C. The third kappa shape index (κ3) is 13.3. The standard InChI is InChI=1S/C16H29O2/c1-3-5-6-7-8-9-10-11-12-13-14-15-18-16(17)4-2/h4H,1-3,5-15H2. The van der Waals surface area contributed by atoms with Crippen molar-refractivity contribution >= 4 is 5.97 Å². The molecule has 0 N–H and O–H groups in total. The smallest absolute Gasteiger partial charge is 0.330 e. The minimum Gasteiger partial charge on any atom is -0.463 e. The molecule has 0 aromatic heterocycles. The van der Waals surface area contributed by atoms with Crippen LogP contribution in [0, 0.1) is 6.92 Å². The summed E-state index contributed by atoms with van der Waals surface area (Å²) in [6, 6.07) is 0. The van der Waals surface area contributed by atoms with Gasteiger partial charge in [0.15, 0.2) is 0 Å². The Kier molecular flexibility index (Phi) is 13.6. The largest absolute Gasteiger partial charge is 0.463 e. The maximum Gasteiger partial charge on any atom is 0.330 e. The molecular formula is C16H29O2. The Balaban J connectivity index is 2.98. The molecule has 0 unspecified atom stereocenters. The highest BCUT2D eigenvalue weighted by Crippen LogP contribution is 2.11. The summed E-state index contributed by atoms with van der Waals surface area (Å²) in [6.45, 7) is 7.74. The van der Waals surface area contributed by atoms with E-state index >= 15 is 0 Å². The topological polar surface area (TPSA) is 26.3 Å². The summed E-state index contributed by atoms with van der Waals surface area (Å²) in [5, 5.41) is 0. The molecule has 0 saturated carbocycles. The molecule has 0 spiro atoms. The number of carbonyl (C=O) groups is 1. The normalized spacial score (nSPS) is 10.3. The molecule has 0 rings (SSSR count). The van der Waals surface area contributed by atoms with Gasteiger partial charge in [0.25, 0.3) is 0 Å². The molecule has 0 atom stereocenters. The monoisotopic (exact) mass is 253 g/mol. The van der Waals surface area contributed by atoms with Gasteiger partial charge in [-0.3, -0.25) is 0 Å². The van der Waals surface area contributed by atoms with Gasteiger partial charge >= 0.3 is 5.97 Å². The lowest BCUT2D eigenvalue weighted by molar-refractivity contribution is -0.137. The first-order chi connectivity index (χ1) is 8.81. The van der Waals surface area contributed by atoms with Crippen LogP contribution in [-0.2, 0) is 9.53 Å².